The summed E-state index contributed by atoms with van der Waals surface area (Å²) in [5.41, 5.74) is 0.794. The first-order valence-electron chi connectivity index (χ1n) is 10.0. The van der Waals surface area contributed by atoms with Gasteiger partial charge in [0.05, 0.1) is 12.6 Å². The minimum Gasteiger partial charge on any atom is -0.490 e. The molecule has 1 aliphatic rings. The van der Waals surface area contributed by atoms with Crippen LogP contribution < -0.4 is 15.4 Å². The average Bonchev–Trinajstić information content (AvgIpc) is 3.13. The van der Waals surface area contributed by atoms with Crippen molar-refractivity contribution in [1.82, 2.24) is 20.4 Å². The number of piperazine rings is 1. The van der Waals surface area contributed by atoms with E-state index in [1.807, 2.05) is 25.1 Å². The number of guanidine groups is 1. The van der Waals surface area contributed by atoms with E-state index in [2.05, 4.69) is 52.5 Å². The molecule has 1 aliphatic heterocycles. The summed E-state index contributed by atoms with van der Waals surface area (Å²) in [6.07, 6.45) is 0. The first kappa shape index (κ1) is 20.5. The Hall–Kier alpha value is -2.25. The number of hydrogen-bond acceptors (Lipinski definition) is 5. The molecule has 28 heavy (non-hydrogen) atoms. The number of likely N-dealkylation sites (N-methyl/N-ethyl adjacent to an activating group) is 2. The van der Waals surface area contributed by atoms with Crippen molar-refractivity contribution < 1.29 is 9.15 Å². The Morgan fingerprint density at radius 1 is 1.36 bits per heavy atom. The minimum absolute atomic E-state index is 0.0140. The van der Waals surface area contributed by atoms with E-state index in [1.165, 1.54) is 0 Å². The molecule has 2 unspecified atom stereocenters. The highest BCUT2D eigenvalue weighted by molar-refractivity contribution is 5.84. The van der Waals surface area contributed by atoms with Crippen LogP contribution in [0.4, 0.5) is 0 Å². The molecule has 0 aliphatic carbocycles. The van der Waals surface area contributed by atoms with Gasteiger partial charge in [-0.2, -0.15) is 0 Å². The van der Waals surface area contributed by atoms with Crippen molar-refractivity contribution in [2.45, 2.75) is 25.9 Å². The van der Waals surface area contributed by atoms with Crippen molar-refractivity contribution in [2.24, 2.45) is 4.99 Å². The molecule has 7 nitrogen and oxygen atoms in total. The van der Waals surface area contributed by atoms with Gasteiger partial charge in [0.25, 0.3) is 0 Å². The predicted octanol–water partition coefficient (Wildman–Crippen LogP) is 2.30. The third kappa shape index (κ3) is 4.77. The van der Waals surface area contributed by atoms with Crippen molar-refractivity contribution in [3.05, 3.63) is 30.0 Å². The summed E-state index contributed by atoms with van der Waals surface area (Å²) in [4.78, 5) is 9.15. The van der Waals surface area contributed by atoms with Crippen molar-refractivity contribution in [1.29, 1.82) is 0 Å². The molecular formula is C21H33N5O2. The van der Waals surface area contributed by atoms with Gasteiger partial charge in [-0.05, 0) is 40.1 Å². The normalized spacial score (nSPS) is 20.3. The summed E-state index contributed by atoms with van der Waals surface area (Å²) in [6.45, 7) is 8.78. The number of rotatable bonds is 6. The molecular weight excluding hydrogens is 354 g/mol. The second-order valence-corrected chi connectivity index (χ2v) is 7.47. The van der Waals surface area contributed by atoms with Crippen LogP contribution in [0.25, 0.3) is 11.0 Å². The number of hydrogen-bond donors (Lipinski definition) is 2. The Morgan fingerprint density at radius 3 is 2.93 bits per heavy atom. The first-order valence-corrected chi connectivity index (χ1v) is 10.0. The van der Waals surface area contributed by atoms with Crippen LogP contribution in [0.15, 0.2) is 33.7 Å². The van der Waals surface area contributed by atoms with E-state index in [-0.39, 0.29) is 6.04 Å². The molecule has 2 heterocycles. The Bertz CT molecular complexity index is 803. The molecule has 7 heteroatoms. The van der Waals surface area contributed by atoms with Crippen molar-refractivity contribution in [3.8, 4) is 5.75 Å². The van der Waals surface area contributed by atoms with Crippen LogP contribution in [0.1, 0.15) is 25.6 Å². The largest absolute Gasteiger partial charge is 0.490 e. The highest BCUT2D eigenvalue weighted by atomic mass is 16.5. The molecule has 1 aromatic carbocycles. The zero-order valence-electron chi connectivity index (χ0n) is 17.7. The van der Waals surface area contributed by atoms with Gasteiger partial charge in [-0.15, -0.1) is 0 Å². The second-order valence-electron chi connectivity index (χ2n) is 7.47. The molecule has 1 saturated heterocycles. The minimum atomic E-state index is -0.0140. The van der Waals surface area contributed by atoms with Crippen LogP contribution in [-0.4, -0.2) is 75.7 Å². The van der Waals surface area contributed by atoms with E-state index < -0.39 is 0 Å². The number of aliphatic imine (C=N–C) groups is 1. The third-order valence-electron chi connectivity index (χ3n) is 5.32. The van der Waals surface area contributed by atoms with E-state index >= 15 is 0 Å². The van der Waals surface area contributed by atoms with Crippen LogP contribution in [0.5, 0.6) is 5.75 Å². The van der Waals surface area contributed by atoms with Crippen LogP contribution in [0.3, 0.4) is 0 Å². The summed E-state index contributed by atoms with van der Waals surface area (Å²) < 4.78 is 11.8. The number of fused-ring (bicyclic) bond motifs is 1. The monoisotopic (exact) mass is 387 g/mol. The van der Waals surface area contributed by atoms with Gasteiger partial charge in [0.1, 0.15) is 5.76 Å². The number of nitrogens with zero attached hydrogens (tertiary/aromatic N) is 3. The number of para-hydroxylation sites is 1. The van der Waals surface area contributed by atoms with Crippen LogP contribution in [-0.2, 0) is 0 Å². The maximum absolute atomic E-state index is 6.10. The van der Waals surface area contributed by atoms with Gasteiger partial charge < -0.3 is 24.7 Å². The Labute approximate surface area is 167 Å². The standard InChI is InChI=1S/C21H33N5O2/c1-6-27-18-9-7-8-16-12-19(28-20(16)18)15(2)24-21(22-3)23-13-17-14-25(4)10-11-26(17)5/h7-9,12,15,17H,6,10-11,13-14H2,1-5H3,(H2,22,23,24). The van der Waals surface area contributed by atoms with Crippen LogP contribution in [0.2, 0.25) is 0 Å². The van der Waals surface area contributed by atoms with Crippen molar-refractivity contribution in [3.63, 3.8) is 0 Å². The second kappa shape index (κ2) is 9.30. The SMILES string of the molecule is CCOc1cccc2cc(C(C)NC(=NC)NCC3CN(C)CCN3C)oc12. The lowest BCUT2D eigenvalue weighted by atomic mass is 10.2. The van der Waals surface area contributed by atoms with E-state index in [0.29, 0.717) is 12.6 Å². The number of furan rings is 1. The molecule has 0 bridgehead atoms. The van der Waals surface area contributed by atoms with E-state index in [0.717, 1.165) is 54.6 Å². The lowest BCUT2D eigenvalue weighted by Gasteiger charge is -2.38. The van der Waals surface area contributed by atoms with E-state index in [4.69, 9.17) is 9.15 Å². The number of ether oxygens (including phenoxy) is 1. The number of nitrogens with one attached hydrogen (secondary N) is 2. The molecule has 0 radical (unpaired) electrons. The summed E-state index contributed by atoms with van der Waals surface area (Å²) in [5.74, 6) is 2.42. The Balaban J connectivity index is 1.63. The van der Waals surface area contributed by atoms with Crippen molar-refractivity contribution in [2.75, 3.05) is 53.9 Å². The molecule has 2 atom stereocenters. The van der Waals surface area contributed by atoms with Crippen LogP contribution >= 0.6 is 0 Å². The fourth-order valence-electron chi connectivity index (χ4n) is 3.55. The number of benzene rings is 1. The van der Waals surface area contributed by atoms with Gasteiger partial charge in [-0.3, -0.25) is 9.89 Å². The highest BCUT2D eigenvalue weighted by Crippen LogP contribution is 2.31. The van der Waals surface area contributed by atoms with Crippen LogP contribution in [0, 0.1) is 0 Å². The summed E-state index contributed by atoms with van der Waals surface area (Å²) in [7, 11) is 6.15. The molecule has 1 fully saturated rings. The highest BCUT2D eigenvalue weighted by Gasteiger charge is 2.22. The predicted molar refractivity (Wildman–Crippen MR) is 114 cm³/mol. The molecule has 2 N–H and O–H groups in total. The first-order chi connectivity index (χ1) is 13.5. The van der Waals surface area contributed by atoms with Crippen molar-refractivity contribution >= 4 is 16.9 Å². The fourth-order valence-corrected chi connectivity index (χ4v) is 3.55. The molecule has 0 spiro atoms. The summed E-state index contributed by atoms with van der Waals surface area (Å²) in [6, 6.07) is 8.48. The fraction of sp³-hybridized carbons (Fsp3) is 0.571. The molecule has 1 aromatic heterocycles. The molecule has 0 saturated carbocycles. The van der Waals surface area contributed by atoms with Gasteiger partial charge in [-0.25, -0.2) is 0 Å². The smallest absolute Gasteiger partial charge is 0.191 e. The molecule has 3 rings (SSSR count). The van der Waals surface area contributed by atoms with E-state index in [1.54, 1.807) is 7.05 Å². The maximum Gasteiger partial charge on any atom is 0.191 e. The third-order valence-corrected chi connectivity index (χ3v) is 5.32. The van der Waals surface area contributed by atoms with Gasteiger partial charge in [0.2, 0.25) is 0 Å². The maximum atomic E-state index is 6.10. The average molecular weight is 388 g/mol. The summed E-state index contributed by atoms with van der Waals surface area (Å²) >= 11 is 0. The molecule has 154 valence electrons. The van der Waals surface area contributed by atoms with Gasteiger partial charge in [0.15, 0.2) is 17.3 Å². The zero-order valence-corrected chi connectivity index (χ0v) is 17.7. The van der Waals surface area contributed by atoms with E-state index in [9.17, 15) is 0 Å². The van der Waals surface area contributed by atoms with Gasteiger partial charge >= 0.3 is 0 Å². The quantitative estimate of drug-likeness (QED) is 0.586. The van der Waals surface area contributed by atoms with Gasteiger partial charge in [-0.1, -0.05) is 12.1 Å². The summed E-state index contributed by atoms with van der Waals surface area (Å²) in [5, 5.41) is 7.94. The lowest BCUT2D eigenvalue weighted by Crippen LogP contribution is -2.55. The Kier molecular flexibility index (Phi) is 6.80. The topological polar surface area (TPSA) is 65.3 Å². The lowest BCUT2D eigenvalue weighted by molar-refractivity contribution is 0.116. The Morgan fingerprint density at radius 2 is 2.18 bits per heavy atom. The zero-order chi connectivity index (χ0) is 20.1. The van der Waals surface area contributed by atoms with Gasteiger partial charge in [0, 0.05) is 44.7 Å². The molecule has 2 aromatic rings. The molecule has 0 amide bonds.